The van der Waals surface area contributed by atoms with Gasteiger partial charge in [-0.05, 0) is 13.3 Å². The molecule has 0 aliphatic carbocycles. The maximum Gasteiger partial charge on any atom is 0.328 e. The normalized spacial score (nSPS) is 17.4. The molecule has 0 bridgehead atoms. The molecule has 1 aromatic rings. The Morgan fingerprint density at radius 1 is 1.50 bits per heavy atom. The average Bonchev–Trinajstić information content (AvgIpc) is 2.95. The SMILES string of the molecule is Cc1cn(CC(=O)N(CC(=O)O)[C@@H]2CCOC2)c(=O)[nH]c1=O. The molecule has 2 rings (SSSR count). The molecule has 1 amide bonds. The molecule has 22 heavy (non-hydrogen) atoms. The van der Waals surface area contributed by atoms with E-state index in [1.165, 1.54) is 18.0 Å². The Kier molecular flexibility index (Phi) is 4.76. The first-order valence-corrected chi connectivity index (χ1v) is 6.78. The maximum absolute atomic E-state index is 12.3. The lowest BCUT2D eigenvalue weighted by molar-refractivity contribution is -0.146. The molecule has 1 aliphatic heterocycles. The summed E-state index contributed by atoms with van der Waals surface area (Å²) < 4.78 is 6.23. The first-order valence-electron chi connectivity index (χ1n) is 6.78. The second-order valence-corrected chi connectivity index (χ2v) is 5.13. The van der Waals surface area contributed by atoms with Crippen LogP contribution in [-0.4, -0.2) is 57.2 Å². The average molecular weight is 311 g/mol. The summed E-state index contributed by atoms with van der Waals surface area (Å²) in [5, 5.41) is 8.94. The van der Waals surface area contributed by atoms with Gasteiger partial charge in [0.2, 0.25) is 5.91 Å². The van der Waals surface area contributed by atoms with Crippen molar-refractivity contribution >= 4 is 11.9 Å². The van der Waals surface area contributed by atoms with Crippen molar-refractivity contribution in [2.75, 3.05) is 19.8 Å². The molecule has 120 valence electrons. The van der Waals surface area contributed by atoms with Gasteiger partial charge in [-0.25, -0.2) is 4.79 Å². The van der Waals surface area contributed by atoms with E-state index in [2.05, 4.69) is 4.98 Å². The molecule has 9 heteroatoms. The van der Waals surface area contributed by atoms with Crippen molar-refractivity contribution in [3.05, 3.63) is 32.6 Å². The van der Waals surface area contributed by atoms with Gasteiger partial charge in [-0.15, -0.1) is 0 Å². The number of amides is 1. The van der Waals surface area contributed by atoms with E-state index in [-0.39, 0.29) is 19.2 Å². The fraction of sp³-hybridized carbons (Fsp3) is 0.538. The third kappa shape index (κ3) is 3.61. The number of ether oxygens (including phenoxy) is 1. The van der Waals surface area contributed by atoms with Gasteiger partial charge < -0.3 is 14.7 Å². The van der Waals surface area contributed by atoms with E-state index >= 15 is 0 Å². The van der Waals surface area contributed by atoms with Crippen LogP contribution in [0.15, 0.2) is 15.8 Å². The van der Waals surface area contributed by atoms with Gasteiger partial charge in [0.05, 0.1) is 12.6 Å². The van der Waals surface area contributed by atoms with Crippen LogP contribution in [0.3, 0.4) is 0 Å². The van der Waals surface area contributed by atoms with Gasteiger partial charge in [-0.2, -0.15) is 0 Å². The number of aryl methyl sites for hydroxylation is 1. The summed E-state index contributed by atoms with van der Waals surface area (Å²) >= 11 is 0. The van der Waals surface area contributed by atoms with Crippen molar-refractivity contribution in [2.45, 2.75) is 25.9 Å². The van der Waals surface area contributed by atoms with Crippen molar-refractivity contribution in [2.24, 2.45) is 0 Å². The van der Waals surface area contributed by atoms with E-state index in [1.54, 1.807) is 0 Å². The number of aromatic amines is 1. The molecular weight excluding hydrogens is 294 g/mol. The number of aliphatic carboxylic acids is 1. The molecule has 1 fully saturated rings. The Hall–Kier alpha value is -2.42. The second kappa shape index (κ2) is 6.56. The molecule has 2 N–H and O–H groups in total. The summed E-state index contributed by atoms with van der Waals surface area (Å²) in [6.07, 6.45) is 1.84. The summed E-state index contributed by atoms with van der Waals surface area (Å²) in [6, 6.07) is -0.317. The quantitative estimate of drug-likeness (QED) is 0.686. The highest BCUT2D eigenvalue weighted by molar-refractivity contribution is 5.81. The summed E-state index contributed by atoms with van der Waals surface area (Å²) in [6.45, 7) is 1.47. The third-order valence-electron chi connectivity index (χ3n) is 3.47. The summed E-state index contributed by atoms with van der Waals surface area (Å²) in [5.41, 5.74) is -0.927. The molecule has 2 heterocycles. The Morgan fingerprint density at radius 2 is 2.23 bits per heavy atom. The number of nitrogens with zero attached hydrogens (tertiary/aromatic N) is 2. The van der Waals surface area contributed by atoms with Gasteiger partial charge in [0.1, 0.15) is 13.1 Å². The lowest BCUT2D eigenvalue weighted by Crippen LogP contribution is -2.46. The second-order valence-electron chi connectivity index (χ2n) is 5.13. The van der Waals surface area contributed by atoms with Gasteiger partial charge in [0.15, 0.2) is 0 Å². The lowest BCUT2D eigenvalue weighted by Gasteiger charge is -2.26. The smallest absolute Gasteiger partial charge is 0.328 e. The molecule has 1 aliphatic rings. The monoisotopic (exact) mass is 311 g/mol. The number of hydrogen-bond donors (Lipinski definition) is 2. The molecule has 0 radical (unpaired) electrons. The summed E-state index contributed by atoms with van der Waals surface area (Å²) in [4.78, 5) is 49.6. The van der Waals surface area contributed by atoms with Crippen LogP contribution in [0.5, 0.6) is 0 Å². The lowest BCUT2D eigenvalue weighted by atomic mass is 10.2. The minimum absolute atomic E-state index is 0.276. The highest BCUT2D eigenvalue weighted by Gasteiger charge is 2.29. The zero-order valence-electron chi connectivity index (χ0n) is 12.1. The zero-order chi connectivity index (χ0) is 16.3. The van der Waals surface area contributed by atoms with Crippen LogP contribution in [0, 0.1) is 6.92 Å². The molecule has 0 aromatic carbocycles. The van der Waals surface area contributed by atoms with Crippen LogP contribution < -0.4 is 11.2 Å². The molecule has 1 saturated heterocycles. The highest BCUT2D eigenvalue weighted by atomic mass is 16.5. The van der Waals surface area contributed by atoms with Crippen LogP contribution in [-0.2, 0) is 20.9 Å². The third-order valence-corrected chi connectivity index (χ3v) is 3.47. The first-order chi connectivity index (χ1) is 10.4. The standard InChI is InChI=1S/C13H17N3O6/c1-8-4-15(13(21)14-12(8)20)5-10(17)16(6-11(18)19)9-2-3-22-7-9/h4,9H,2-3,5-7H2,1H3,(H,18,19)(H,14,20,21)/t9-/m1/s1. The Morgan fingerprint density at radius 3 is 2.82 bits per heavy atom. The Bertz CT molecular complexity index is 686. The van der Waals surface area contributed by atoms with Crippen LogP contribution in [0.2, 0.25) is 0 Å². The number of carbonyl (C=O) groups excluding carboxylic acids is 1. The number of aromatic nitrogens is 2. The number of carbonyl (C=O) groups is 2. The topological polar surface area (TPSA) is 122 Å². The van der Waals surface area contributed by atoms with E-state index in [9.17, 15) is 19.2 Å². The number of carboxylic acid groups (broad SMARTS) is 1. The molecule has 1 atom stereocenters. The predicted molar refractivity (Wildman–Crippen MR) is 74.6 cm³/mol. The largest absolute Gasteiger partial charge is 0.480 e. The maximum atomic E-state index is 12.3. The summed E-state index contributed by atoms with van der Waals surface area (Å²) in [5.74, 6) is -1.64. The van der Waals surface area contributed by atoms with Crippen molar-refractivity contribution in [3.63, 3.8) is 0 Å². The Labute approximate surface area is 125 Å². The molecule has 0 unspecified atom stereocenters. The van der Waals surface area contributed by atoms with E-state index in [0.717, 1.165) is 4.57 Å². The fourth-order valence-electron chi connectivity index (χ4n) is 2.31. The predicted octanol–water partition coefficient (Wildman–Crippen LogP) is -1.45. The van der Waals surface area contributed by atoms with Crippen molar-refractivity contribution < 1.29 is 19.4 Å². The van der Waals surface area contributed by atoms with Crippen LogP contribution in [0.25, 0.3) is 0 Å². The molecule has 1 aromatic heterocycles. The molecule has 0 saturated carbocycles. The van der Waals surface area contributed by atoms with Gasteiger partial charge in [-0.1, -0.05) is 0 Å². The van der Waals surface area contributed by atoms with E-state index in [1.807, 2.05) is 0 Å². The van der Waals surface area contributed by atoms with Gasteiger partial charge in [0.25, 0.3) is 5.56 Å². The first kappa shape index (κ1) is 16.0. The summed E-state index contributed by atoms with van der Waals surface area (Å²) in [7, 11) is 0. The number of hydrogen-bond acceptors (Lipinski definition) is 5. The number of rotatable bonds is 5. The van der Waals surface area contributed by atoms with Crippen molar-refractivity contribution in [1.82, 2.24) is 14.5 Å². The van der Waals surface area contributed by atoms with Gasteiger partial charge in [-0.3, -0.25) is 23.9 Å². The number of H-pyrrole nitrogens is 1. The number of nitrogens with one attached hydrogen (secondary N) is 1. The minimum atomic E-state index is -1.13. The van der Waals surface area contributed by atoms with E-state index < -0.39 is 29.7 Å². The fourth-order valence-corrected chi connectivity index (χ4v) is 2.31. The van der Waals surface area contributed by atoms with Crippen molar-refractivity contribution in [1.29, 1.82) is 0 Å². The molecule has 0 spiro atoms. The Balaban J connectivity index is 2.20. The molecule has 9 nitrogen and oxygen atoms in total. The van der Waals surface area contributed by atoms with E-state index in [0.29, 0.717) is 18.6 Å². The van der Waals surface area contributed by atoms with Gasteiger partial charge in [0, 0.05) is 18.4 Å². The molecular formula is C13H17N3O6. The van der Waals surface area contributed by atoms with Crippen LogP contribution in [0.4, 0.5) is 0 Å². The van der Waals surface area contributed by atoms with Crippen LogP contribution in [0.1, 0.15) is 12.0 Å². The zero-order valence-corrected chi connectivity index (χ0v) is 12.1. The number of carboxylic acids is 1. The van der Waals surface area contributed by atoms with Crippen LogP contribution >= 0.6 is 0 Å². The van der Waals surface area contributed by atoms with E-state index in [4.69, 9.17) is 9.84 Å². The highest BCUT2D eigenvalue weighted by Crippen LogP contribution is 2.13. The van der Waals surface area contributed by atoms with Gasteiger partial charge >= 0.3 is 11.7 Å². The minimum Gasteiger partial charge on any atom is -0.480 e. The van der Waals surface area contributed by atoms with Crippen molar-refractivity contribution in [3.8, 4) is 0 Å².